The van der Waals surface area contributed by atoms with Crippen molar-refractivity contribution >= 4 is 0 Å². The first-order valence-electron chi connectivity index (χ1n) is 7.75. The van der Waals surface area contributed by atoms with Crippen LogP contribution in [0, 0.1) is 12.8 Å². The predicted molar refractivity (Wildman–Crippen MR) is 81.8 cm³/mol. The van der Waals surface area contributed by atoms with Gasteiger partial charge in [-0.3, -0.25) is 4.90 Å². The summed E-state index contributed by atoms with van der Waals surface area (Å²) >= 11 is 0. The molecule has 2 aromatic rings. The second-order valence-electron chi connectivity index (χ2n) is 6.08. The van der Waals surface area contributed by atoms with Crippen LogP contribution in [-0.4, -0.2) is 28.2 Å². The van der Waals surface area contributed by atoms with E-state index in [1.54, 1.807) is 0 Å². The Morgan fingerprint density at radius 2 is 2.00 bits per heavy atom. The van der Waals surface area contributed by atoms with E-state index in [0.717, 1.165) is 18.4 Å². The molecule has 1 heterocycles. The molecule has 112 valence electrons. The van der Waals surface area contributed by atoms with Crippen LogP contribution in [0.15, 0.2) is 34.7 Å². The summed E-state index contributed by atoms with van der Waals surface area (Å²) in [7, 11) is 2.17. The molecule has 4 nitrogen and oxygen atoms in total. The molecular weight excluding hydrogens is 262 g/mol. The van der Waals surface area contributed by atoms with E-state index in [9.17, 15) is 0 Å². The Labute approximate surface area is 126 Å². The molecule has 0 bridgehead atoms. The minimum Gasteiger partial charge on any atom is -0.424 e. The molecule has 1 aliphatic carbocycles. The number of hydrogen-bond donors (Lipinski definition) is 0. The van der Waals surface area contributed by atoms with Gasteiger partial charge in [-0.2, -0.15) is 0 Å². The number of aromatic nitrogens is 2. The van der Waals surface area contributed by atoms with Crippen LogP contribution in [0.5, 0.6) is 0 Å². The van der Waals surface area contributed by atoms with Gasteiger partial charge in [-0.05, 0) is 37.8 Å². The Morgan fingerprint density at radius 1 is 1.19 bits per heavy atom. The fourth-order valence-corrected chi connectivity index (χ4v) is 3.48. The van der Waals surface area contributed by atoms with Crippen LogP contribution in [-0.2, 0) is 13.0 Å². The van der Waals surface area contributed by atoms with Gasteiger partial charge in [-0.15, -0.1) is 10.2 Å². The zero-order chi connectivity index (χ0) is 14.7. The van der Waals surface area contributed by atoms with Gasteiger partial charge >= 0.3 is 0 Å². The lowest BCUT2D eigenvalue weighted by atomic mass is 9.94. The first-order valence-corrected chi connectivity index (χ1v) is 7.75. The number of rotatable bonds is 5. The SMILES string of the molecule is Cc1nnc(CN(C)[C@@H]2CCC[C@@H]2Cc2ccccc2)o1. The van der Waals surface area contributed by atoms with Gasteiger partial charge in [0, 0.05) is 13.0 Å². The highest BCUT2D eigenvalue weighted by Crippen LogP contribution is 2.32. The molecule has 4 heteroatoms. The molecule has 3 rings (SSSR count). The summed E-state index contributed by atoms with van der Waals surface area (Å²) in [5.74, 6) is 2.09. The maximum atomic E-state index is 5.50. The molecule has 0 aliphatic heterocycles. The summed E-state index contributed by atoms with van der Waals surface area (Å²) in [5, 5.41) is 8.02. The molecule has 0 radical (unpaired) electrons. The third-order valence-electron chi connectivity index (χ3n) is 4.48. The predicted octanol–water partition coefficient (Wildman–Crippen LogP) is 3.22. The van der Waals surface area contributed by atoms with Crippen molar-refractivity contribution in [3.63, 3.8) is 0 Å². The van der Waals surface area contributed by atoms with Crippen molar-refractivity contribution in [2.75, 3.05) is 7.05 Å². The lowest BCUT2D eigenvalue weighted by Gasteiger charge is -2.28. The Bertz CT molecular complexity index is 566. The summed E-state index contributed by atoms with van der Waals surface area (Å²) < 4.78 is 5.50. The largest absolute Gasteiger partial charge is 0.424 e. The van der Waals surface area contributed by atoms with Gasteiger partial charge in [0.25, 0.3) is 0 Å². The van der Waals surface area contributed by atoms with Crippen molar-refractivity contribution in [2.45, 2.75) is 45.2 Å². The van der Waals surface area contributed by atoms with Gasteiger partial charge in [-0.1, -0.05) is 36.8 Å². The van der Waals surface area contributed by atoms with Crippen LogP contribution in [0.2, 0.25) is 0 Å². The average Bonchev–Trinajstić information content (AvgIpc) is 3.09. The summed E-state index contributed by atoms with van der Waals surface area (Å²) in [4.78, 5) is 2.38. The van der Waals surface area contributed by atoms with Gasteiger partial charge in [-0.25, -0.2) is 0 Å². The maximum Gasteiger partial charge on any atom is 0.230 e. The third-order valence-corrected chi connectivity index (χ3v) is 4.48. The average molecular weight is 285 g/mol. The maximum absolute atomic E-state index is 5.50. The van der Waals surface area contributed by atoms with E-state index in [1.807, 2.05) is 6.92 Å². The molecule has 1 aromatic carbocycles. The fourth-order valence-electron chi connectivity index (χ4n) is 3.48. The Hall–Kier alpha value is -1.68. The van der Waals surface area contributed by atoms with Crippen LogP contribution >= 0.6 is 0 Å². The number of hydrogen-bond acceptors (Lipinski definition) is 4. The fraction of sp³-hybridized carbons (Fsp3) is 0.529. The highest BCUT2D eigenvalue weighted by Gasteiger charge is 2.30. The second-order valence-corrected chi connectivity index (χ2v) is 6.08. The molecule has 0 unspecified atom stereocenters. The first-order chi connectivity index (χ1) is 10.2. The van der Waals surface area contributed by atoms with Crippen LogP contribution in [0.1, 0.15) is 36.6 Å². The van der Waals surface area contributed by atoms with Gasteiger partial charge < -0.3 is 4.42 Å². The quantitative estimate of drug-likeness (QED) is 0.846. The van der Waals surface area contributed by atoms with E-state index in [0.29, 0.717) is 11.9 Å². The third kappa shape index (κ3) is 3.50. The van der Waals surface area contributed by atoms with Gasteiger partial charge in [0.1, 0.15) is 0 Å². The summed E-state index contributed by atoms with van der Waals surface area (Å²) in [6.45, 7) is 2.58. The number of nitrogens with zero attached hydrogens (tertiary/aromatic N) is 3. The molecule has 1 aliphatic rings. The second kappa shape index (κ2) is 6.39. The van der Waals surface area contributed by atoms with E-state index in [-0.39, 0.29) is 0 Å². The summed E-state index contributed by atoms with van der Waals surface area (Å²) in [6.07, 6.45) is 5.06. The van der Waals surface area contributed by atoms with Crippen molar-refractivity contribution in [3.05, 3.63) is 47.7 Å². The van der Waals surface area contributed by atoms with E-state index in [1.165, 1.54) is 31.2 Å². The van der Waals surface area contributed by atoms with E-state index in [2.05, 4.69) is 52.5 Å². The highest BCUT2D eigenvalue weighted by molar-refractivity contribution is 5.16. The molecule has 1 aromatic heterocycles. The molecule has 0 saturated heterocycles. The van der Waals surface area contributed by atoms with Crippen molar-refractivity contribution < 1.29 is 4.42 Å². The minimum absolute atomic E-state index is 0.609. The number of benzene rings is 1. The molecular formula is C17H23N3O. The van der Waals surface area contributed by atoms with Crippen LogP contribution in [0.4, 0.5) is 0 Å². The van der Waals surface area contributed by atoms with Crippen LogP contribution < -0.4 is 0 Å². The summed E-state index contributed by atoms with van der Waals surface area (Å²) in [6, 6.07) is 11.4. The van der Waals surface area contributed by atoms with Crippen LogP contribution in [0.3, 0.4) is 0 Å². The van der Waals surface area contributed by atoms with Gasteiger partial charge in [0.15, 0.2) is 0 Å². The Kier molecular flexibility index (Phi) is 4.34. The van der Waals surface area contributed by atoms with Crippen molar-refractivity contribution in [3.8, 4) is 0 Å². The molecule has 0 spiro atoms. The molecule has 0 amide bonds. The van der Waals surface area contributed by atoms with E-state index < -0.39 is 0 Å². The van der Waals surface area contributed by atoms with Gasteiger partial charge in [0.2, 0.25) is 11.8 Å². The van der Waals surface area contributed by atoms with Crippen molar-refractivity contribution in [1.82, 2.24) is 15.1 Å². The van der Waals surface area contributed by atoms with Crippen LogP contribution in [0.25, 0.3) is 0 Å². The Balaban J connectivity index is 1.63. The molecule has 2 atom stereocenters. The zero-order valence-electron chi connectivity index (χ0n) is 12.8. The Morgan fingerprint density at radius 3 is 2.71 bits per heavy atom. The smallest absolute Gasteiger partial charge is 0.230 e. The zero-order valence-corrected chi connectivity index (χ0v) is 12.8. The molecule has 1 fully saturated rings. The highest BCUT2D eigenvalue weighted by atomic mass is 16.4. The standard InChI is InChI=1S/C17H23N3O/c1-13-18-19-17(21-13)12-20(2)16-10-6-9-15(16)11-14-7-4-3-5-8-14/h3-5,7-8,15-16H,6,9-12H2,1-2H3/t15-,16-/m1/s1. The van der Waals surface area contributed by atoms with E-state index in [4.69, 9.17) is 4.42 Å². The monoisotopic (exact) mass is 285 g/mol. The number of aryl methyl sites for hydroxylation is 1. The lowest BCUT2D eigenvalue weighted by Crippen LogP contribution is -2.35. The summed E-state index contributed by atoms with van der Waals surface area (Å²) in [5.41, 5.74) is 1.44. The molecule has 0 N–H and O–H groups in total. The van der Waals surface area contributed by atoms with Gasteiger partial charge in [0.05, 0.1) is 6.54 Å². The van der Waals surface area contributed by atoms with Crippen molar-refractivity contribution in [1.29, 1.82) is 0 Å². The molecule has 1 saturated carbocycles. The minimum atomic E-state index is 0.609. The first kappa shape index (κ1) is 14.3. The normalized spacial score (nSPS) is 22.0. The van der Waals surface area contributed by atoms with Crippen molar-refractivity contribution in [2.24, 2.45) is 5.92 Å². The lowest BCUT2D eigenvalue weighted by molar-refractivity contribution is 0.173. The topological polar surface area (TPSA) is 42.2 Å². The van der Waals surface area contributed by atoms with E-state index >= 15 is 0 Å². The molecule has 21 heavy (non-hydrogen) atoms.